The van der Waals surface area contributed by atoms with E-state index in [0.717, 1.165) is 12.8 Å². The highest BCUT2D eigenvalue weighted by Gasteiger charge is 2.45. The van der Waals surface area contributed by atoms with Crippen LogP contribution in [-0.2, 0) is 9.53 Å². The molecule has 0 fully saturated rings. The van der Waals surface area contributed by atoms with Crippen LogP contribution in [0.5, 0.6) is 0 Å². The molecule has 0 heterocycles. The van der Waals surface area contributed by atoms with Crippen molar-refractivity contribution in [3.63, 3.8) is 0 Å². The van der Waals surface area contributed by atoms with Gasteiger partial charge in [0.2, 0.25) is 0 Å². The fourth-order valence-electron chi connectivity index (χ4n) is 2.80. The maximum Gasteiger partial charge on any atom is 0.307 e. The Bertz CT molecular complexity index is 345. The molecular formula is C17H31NO2. The average Bonchev–Trinajstić information content (AvgIpc) is 2.41. The number of carbonyl (C=O) groups is 1. The Morgan fingerprint density at radius 2 is 1.70 bits per heavy atom. The van der Waals surface area contributed by atoms with Gasteiger partial charge in [0.05, 0.1) is 24.0 Å². The first-order valence-electron chi connectivity index (χ1n) is 7.85. The van der Waals surface area contributed by atoms with Gasteiger partial charge in [-0.3, -0.25) is 4.79 Å². The molecule has 0 aromatic heterocycles. The Morgan fingerprint density at radius 1 is 1.15 bits per heavy atom. The molecule has 0 radical (unpaired) electrons. The molecule has 0 amide bonds. The lowest BCUT2D eigenvalue weighted by molar-refractivity contribution is -0.151. The van der Waals surface area contributed by atoms with E-state index in [2.05, 4.69) is 40.7 Å². The normalized spacial score (nSPS) is 18.8. The van der Waals surface area contributed by atoms with E-state index < -0.39 is 5.41 Å². The summed E-state index contributed by atoms with van der Waals surface area (Å²) in [5.74, 6) is 0.510. The van der Waals surface area contributed by atoms with Crippen LogP contribution < -0.4 is 0 Å². The molecule has 20 heavy (non-hydrogen) atoms. The molecule has 0 saturated heterocycles. The lowest BCUT2D eigenvalue weighted by Crippen LogP contribution is -2.40. The molecular weight excluding hydrogens is 250 g/mol. The third kappa shape index (κ3) is 4.51. The standard InChI is InChI=1S/C17H31NO2/c1-8-13(5)15(7)17(11-18,14(6)9-2)10-16(19)20-12(3)4/h12-15H,8-10H2,1-7H3. The minimum Gasteiger partial charge on any atom is -0.463 e. The van der Waals surface area contributed by atoms with Crippen LogP contribution in [0.15, 0.2) is 0 Å². The van der Waals surface area contributed by atoms with Crippen molar-refractivity contribution < 1.29 is 9.53 Å². The lowest BCUT2D eigenvalue weighted by atomic mass is 9.62. The number of rotatable bonds is 8. The monoisotopic (exact) mass is 281 g/mol. The van der Waals surface area contributed by atoms with E-state index >= 15 is 0 Å². The zero-order chi connectivity index (χ0) is 15.9. The van der Waals surface area contributed by atoms with Crippen molar-refractivity contribution in [2.24, 2.45) is 23.2 Å². The van der Waals surface area contributed by atoms with Gasteiger partial charge in [0, 0.05) is 0 Å². The highest BCUT2D eigenvalue weighted by Crippen LogP contribution is 2.45. The molecule has 4 unspecified atom stereocenters. The third-order valence-electron chi connectivity index (χ3n) is 4.81. The van der Waals surface area contributed by atoms with E-state index in [9.17, 15) is 10.1 Å². The molecule has 3 nitrogen and oxygen atoms in total. The Balaban J connectivity index is 5.35. The molecule has 3 heteroatoms. The molecule has 0 saturated carbocycles. The van der Waals surface area contributed by atoms with Crippen LogP contribution in [0.25, 0.3) is 0 Å². The summed E-state index contributed by atoms with van der Waals surface area (Å²) in [5.41, 5.74) is -0.629. The predicted molar refractivity (Wildman–Crippen MR) is 82.0 cm³/mol. The van der Waals surface area contributed by atoms with E-state index in [1.807, 2.05) is 13.8 Å². The highest BCUT2D eigenvalue weighted by atomic mass is 16.5. The SMILES string of the molecule is CCC(C)C(C)C(C#N)(CC(=O)OC(C)C)C(C)CC. The summed E-state index contributed by atoms with van der Waals surface area (Å²) in [6.07, 6.45) is 1.97. The maximum absolute atomic E-state index is 12.1. The van der Waals surface area contributed by atoms with Crippen molar-refractivity contribution in [2.45, 2.75) is 73.8 Å². The smallest absolute Gasteiger partial charge is 0.307 e. The molecule has 0 aromatic rings. The molecule has 0 spiro atoms. The van der Waals surface area contributed by atoms with Gasteiger partial charge in [-0.25, -0.2) is 0 Å². The first-order chi connectivity index (χ1) is 9.24. The highest BCUT2D eigenvalue weighted by molar-refractivity contribution is 5.71. The summed E-state index contributed by atoms with van der Waals surface area (Å²) in [7, 11) is 0. The fraction of sp³-hybridized carbons (Fsp3) is 0.882. The van der Waals surface area contributed by atoms with Crippen molar-refractivity contribution in [1.82, 2.24) is 0 Å². The van der Waals surface area contributed by atoms with Gasteiger partial charge in [-0.1, -0.05) is 47.5 Å². The molecule has 0 aliphatic rings. The van der Waals surface area contributed by atoms with Crippen molar-refractivity contribution in [3.8, 4) is 6.07 Å². The quantitative estimate of drug-likeness (QED) is 0.612. The van der Waals surface area contributed by atoms with Crippen molar-refractivity contribution in [3.05, 3.63) is 0 Å². The minimum atomic E-state index is -0.629. The van der Waals surface area contributed by atoms with Crippen LogP contribution in [0, 0.1) is 34.5 Å². The van der Waals surface area contributed by atoms with Crippen LogP contribution in [0.4, 0.5) is 0 Å². The van der Waals surface area contributed by atoms with Crippen LogP contribution >= 0.6 is 0 Å². The summed E-state index contributed by atoms with van der Waals surface area (Å²) in [6.45, 7) is 14.2. The molecule has 4 atom stereocenters. The molecule has 0 aliphatic heterocycles. The lowest BCUT2D eigenvalue weighted by Gasteiger charge is -2.40. The number of hydrogen-bond acceptors (Lipinski definition) is 3. The van der Waals surface area contributed by atoms with Crippen LogP contribution in [0.1, 0.15) is 67.7 Å². The molecule has 0 N–H and O–H groups in total. The van der Waals surface area contributed by atoms with E-state index in [4.69, 9.17) is 4.74 Å². The Labute approximate surface area is 124 Å². The summed E-state index contributed by atoms with van der Waals surface area (Å²) in [6, 6.07) is 2.48. The van der Waals surface area contributed by atoms with Crippen molar-refractivity contribution in [1.29, 1.82) is 5.26 Å². The molecule has 0 aromatic carbocycles. The largest absolute Gasteiger partial charge is 0.463 e. The number of nitriles is 1. The second-order valence-corrected chi connectivity index (χ2v) is 6.35. The van der Waals surface area contributed by atoms with Crippen LogP contribution in [-0.4, -0.2) is 12.1 Å². The van der Waals surface area contributed by atoms with Gasteiger partial charge < -0.3 is 4.74 Å². The molecule has 0 rings (SSSR count). The predicted octanol–water partition coefficient (Wildman–Crippen LogP) is 4.57. The first kappa shape index (κ1) is 19.0. The second kappa shape index (κ2) is 8.29. The third-order valence-corrected chi connectivity index (χ3v) is 4.81. The van der Waals surface area contributed by atoms with Gasteiger partial charge in [-0.2, -0.15) is 5.26 Å². The van der Waals surface area contributed by atoms with Gasteiger partial charge in [0.1, 0.15) is 0 Å². The average molecular weight is 281 g/mol. The van der Waals surface area contributed by atoms with E-state index in [0.29, 0.717) is 5.92 Å². The number of hydrogen-bond donors (Lipinski definition) is 0. The van der Waals surface area contributed by atoms with Gasteiger partial charge in [0.25, 0.3) is 0 Å². The Morgan fingerprint density at radius 3 is 2.05 bits per heavy atom. The number of ether oxygens (including phenoxy) is 1. The van der Waals surface area contributed by atoms with Crippen LogP contribution in [0.3, 0.4) is 0 Å². The van der Waals surface area contributed by atoms with Crippen molar-refractivity contribution in [2.75, 3.05) is 0 Å². The maximum atomic E-state index is 12.1. The second-order valence-electron chi connectivity index (χ2n) is 6.35. The van der Waals surface area contributed by atoms with Gasteiger partial charge >= 0.3 is 5.97 Å². The topological polar surface area (TPSA) is 50.1 Å². The fourth-order valence-corrected chi connectivity index (χ4v) is 2.80. The van der Waals surface area contributed by atoms with E-state index in [-0.39, 0.29) is 30.3 Å². The van der Waals surface area contributed by atoms with Crippen molar-refractivity contribution >= 4 is 5.97 Å². The first-order valence-corrected chi connectivity index (χ1v) is 7.85. The molecule has 116 valence electrons. The summed E-state index contributed by atoms with van der Waals surface area (Å²) < 4.78 is 5.28. The zero-order valence-electron chi connectivity index (χ0n) is 14.2. The minimum absolute atomic E-state index is 0.130. The Hall–Kier alpha value is -1.04. The van der Waals surface area contributed by atoms with Crippen LogP contribution in [0.2, 0.25) is 0 Å². The van der Waals surface area contributed by atoms with E-state index in [1.165, 1.54) is 0 Å². The Kier molecular flexibility index (Phi) is 7.86. The summed E-state index contributed by atoms with van der Waals surface area (Å²) >= 11 is 0. The van der Waals surface area contributed by atoms with Gasteiger partial charge in [-0.05, 0) is 31.6 Å². The van der Waals surface area contributed by atoms with Gasteiger partial charge in [0.15, 0.2) is 0 Å². The number of nitrogens with zero attached hydrogens (tertiary/aromatic N) is 1. The van der Waals surface area contributed by atoms with Gasteiger partial charge in [-0.15, -0.1) is 0 Å². The summed E-state index contributed by atoms with van der Waals surface area (Å²) in [4.78, 5) is 12.1. The number of esters is 1. The number of carbonyl (C=O) groups excluding carboxylic acids is 1. The van der Waals surface area contributed by atoms with E-state index in [1.54, 1.807) is 0 Å². The molecule has 0 bridgehead atoms. The molecule has 0 aliphatic carbocycles. The summed E-state index contributed by atoms with van der Waals surface area (Å²) in [5, 5.41) is 9.82. The zero-order valence-corrected chi connectivity index (χ0v) is 14.2.